The van der Waals surface area contributed by atoms with Crippen molar-refractivity contribution in [3.8, 4) is 0 Å². The first-order valence-corrected chi connectivity index (χ1v) is 11.8. The zero-order chi connectivity index (χ0) is 32.8. The molecule has 0 radical (unpaired) electrons. The molecular weight excluding hydrogens is 590 g/mol. The van der Waals surface area contributed by atoms with Crippen molar-refractivity contribution in [1.82, 2.24) is 0 Å². The summed E-state index contributed by atoms with van der Waals surface area (Å²) in [5.41, 5.74) is 14.9. The maximum Gasteiger partial charge on any atom is 0.490 e. The van der Waals surface area contributed by atoms with E-state index in [0.717, 1.165) is 11.1 Å². The monoisotopic (exact) mass is 616 g/mol. The molecule has 2 amide bonds. The largest absolute Gasteiger partial charge is 0.490 e. The maximum atomic E-state index is 13.2. The number of nitrogens with two attached hydrogens (primary N) is 2. The van der Waals surface area contributed by atoms with Gasteiger partial charge in [0.2, 0.25) is 5.91 Å². The van der Waals surface area contributed by atoms with Crippen molar-refractivity contribution >= 4 is 35.1 Å². The van der Waals surface area contributed by atoms with E-state index in [4.69, 9.17) is 31.3 Å². The molecule has 232 valence electrons. The first-order valence-electron chi connectivity index (χ1n) is 11.8. The predicted molar refractivity (Wildman–Crippen MR) is 143 cm³/mol. The first kappa shape index (κ1) is 36.1. The summed E-state index contributed by atoms with van der Waals surface area (Å²) in [5, 5.41) is 17.1. The molecule has 0 aliphatic heterocycles. The summed E-state index contributed by atoms with van der Waals surface area (Å²) in [6.07, 6.45) is -10.2. The average Bonchev–Trinajstić information content (AvgIpc) is 2.95. The third-order valence-corrected chi connectivity index (χ3v) is 4.96. The van der Waals surface area contributed by atoms with Gasteiger partial charge in [-0.05, 0) is 47.5 Å². The van der Waals surface area contributed by atoms with Crippen molar-refractivity contribution in [2.24, 2.45) is 11.5 Å². The number of aliphatic carboxylic acids is 2. The Morgan fingerprint density at radius 3 is 1.63 bits per heavy atom. The standard InChI is InChI=1S/C23H24N4O2.2C2HF3O2/c24-14-17-6-4-8-19(12-17)23(29)27(21-10-2-1-3-11-21)16-22(28)26-20-9-5-7-18(13-20)15-25;2*3-2(4,5)1(6)7/h1-13H,14-16,24-25H2,(H,26,28);2*(H,6,7). The van der Waals surface area contributed by atoms with Gasteiger partial charge >= 0.3 is 24.3 Å². The molecule has 3 aromatic carbocycles. The van der Waals surface area contributed by atoms with Crippen molar-refractivity contribution in [1.29, 1.82) is 0 Å². The molecule has 7 N–H and O–H groups in total. The zero-order valence-electron chi connectivity index (χ0n) is 22.0. The van der Waals surface area contributed by atoms with Crippen LogP contribution < -0.4 is 21.7 Å². The Morgan fingerprint density at radius 1 is 0.698 bits per heavy atom. The fraction of sp³-hybridized carbons (Fsp3) is 0.185. The number of carbonyl (C=O) groups is 4. The number of carboxylic acid groups (broad SMARTS) is 2. The Balaban J connectivity index is 0.000000548. The second kappa shape index (κ2) is 16.5. The molecule has 0 atom stereocenters. The van der Waals surface area contributed by atoms with E-state index in [-0.39, 0.29) is 18.4 Å². The van der Waals surface area contributed by atoms with Gasteiger partial charge in [-0.2, -0.15) is 26.3 Å². The molecule has 10 nitrogen and oxygen atoms in total. The van der Waals surface area contributed by atoms with Crippen molar-refractivity contribution in [2.45, 2.75) is 25.4 Å². The molecule has 3 rings (SSSR count). The summed E-state index contributed by atoms with van der Waals surface area (Å²) in [4.78, 5) is 45.1. The number of nitrogens with one attached hydrogen (secondary N) is 1. The second-order valence-corrected chi connectivity index (χ2v) is 8.19. The van der Waals surface area contributed by atoms with Crippen LogP contribution in [0.2, 0.25) is 0 Å². The summed E-state index contributed by atoms with van der Waals surface area (Å²) in [7, 11) is 0. The fourth-order valence-electron chi connectivity index (χ4n) is 3.00. The van der Waals surface area contributed by atoms with Crippen LogP contribution in [0.25, 0.3) is 0 Å². The Bertz CT molecular complexity index is 1360. The van der Waals surface area contributed by atoms with Crippen molar-refractivity contribution < 1.29 is 55.7 Å². The minimum Gasteiger partial charge on any atom is -0.475 e. The third kappa shape index (κ3) is 13.0. The summed E-state index contributed by atoms with van der Waals surface area (Å²) in [5.74, 6) is -6.08. The van der Waals surface area contributed by atoms with Gasteiger partial charge in [0.25, 0.3) is 5.91 Å². The van der Waals surface area contributed by atoms with Crippen molar-refractivity contribution in [3.05, 3.63) is 95.6 Å². The second-order valence-electron chi connectivity index (χ2n) is 8.19. The highest BCUT2D eigenvalue weighted by Crippen LogP contribution is 2.19. The highest BCUT2D eigenvalue weighted by molar-refractivity contribution is 6.10. The number of carbonyl (C=O) groups excluding carboxylic acids is 2. The van der Waals surface area contributed by atoms with Gasteiger partial charge in [0, 0.05) is 30.0 Å². The lowest BCUT2D eigenvalue weighted by Gasteiger charge is -2.23. The molecule has 0 bridgehead atoms. The molecule has 0 aliphatic carbocycles. The predicted octanol–water partition coefficient (Wildman–Crippen LogP) is 4.16. The number of nitrogens with zero attached hydrogens (tertiary/aromatic N) is 1. The Morgan fingerprint density at radius 2 is 1.16 bits per heavy atom. The van der Waals surface area contributed by atoms with Crippen LogP contribution in [0.15, 0.2) is 78.9 Å². The highest BCUT2D eigenvalue weighted by Gasteiger charge is 2.38. The summed E-state index contributed by atoms with van der Waals surface area (Å²) in [6, 6.07) is 23.6. The molecule has 0 aliphatic rings. The van der Waals surface area contributed by atoms with Gasteiger partial charge in [-0.1, -0.05) is 42.5 Å². The van der Waals surface area contributed by atoms with Crippen LogP contribution in [-0.4, -0.2) is 52.9 Å². The number of halogens is 6. The van der Waals surface area contributed by atoms with Crippen LogP contribution in [-0.2, 0) is 27.5 Å². The van der Waals surface area contributed by atoms with E-state index in [1.54, 1.807) is 36.4 Å². The van der Waals surface area contributed by atoms with Crippen LogP contribution in [0.5, 0.6) is 0 Å². The van der Waals surface area contributed by atoms with Gasteiger partial charge in [-0.15, -0.1) is 0 Å². The summed E-state index contributed by atoms with van der Waals surface area (Å²) < 4.78 is 63.5. The van der Waals surface area contributed by atoms with Gasteiger partial charge in [-0.3, -0.25) is 14.5 Å². The van der Waals surface area contributed by atoms with Crippen LogP contribution in [0.1, 0.15) is 21.5 Å². The number of carboxylic acids is 2. The number of alkyl halides is 6. The lowest BCUT2D eigenvalue weighted by Crippen LogP contribution is -2.38. The van der Waals surface area contributed by atoms with Crippen molar-refractivity contribution in [2.75, 3.05) is 16.8 Å². The minimum atomic E-state index is -5.08. The van der Waals surface area contributed by atoms with E-state index in [2.05, 4.69) is 5.32 Å². The highest BCUT2D eigenvalue weighted by atomic mass is 19.4. The Hall–Kier alpha value is -4.96. The van der Waals surface area contributed by atoms with Crippen LogP contribution in [0.4, 0.5) is 37.7 Å². The molecule has 0 saturated heterocycles. The number of rotatable bonds is 7. The van der Waals surface area contributed by atoms with E-state index in [0.29, 0.717) is 30.0 Å². The molecule has 0 saturated carbocycles. The minimum absolute atomic E-state index is 0.122. The topological polar surface area (TPSA) is 176 Å². The summed E-state index contributed by atoms with van der Waals surface area (Å²) in [6.45, 7) is 0.600. The van der Waals surface area contributed by atoms with E-state index in [1.807, 2.05) is 42.5 Å². The molecule has 0 spiro atoms. The number of benzene rings is 3. The van der Waals surface area contributed by atoms with E-state index < -0.39 is 24.3 Å². The van der Waals surface area contributed by atoms with Gasteiger partial charge in [0.1, 0.15) is 6.54 Å². The Labute approximate surface area is 240 Å². The third-order valence-electron chi connectivity index (χ3n) is 4.96. The average molecular weight is 617 g/mol. The SMILES string of the molecule is NCc1cccc(NC(=O)CN(C(=O)c2cccc(CN)c2)c2ccccc2)c1.O=C(O)C(F)(F)F.O=C(O)C(F)(F)F. The molecular formula is C27H26F6N4O6. The van der Waals surface area contributed by atoms with Gasteiger partial charge < -0.3 is 27.0 Å². The maximum absolute atomic E-state index is 13.2. The molecule has 0 aromatic heterocycles. The van der Waals surface area contributed by atoms with Gasteiger partial charge in [-0.25, -0.2) is 9.59 Å². The molecule has 0 unspecified atom stereocenters. The number of hydrogen-bond donors (Lipinski definition) is 5. The van der Waals surface area contributed by atoms with Crippen molar-refractivity contribution in [3.63, 3.8) is 0 Å². The van der Waals surface area contributed by atoms with E-state index in [9.17, 15) is 35.9 Å². The normalized spacial score (nSPS) is 10.7. The smallest absolute Gasteiger partial charge is 0.475 e. The lowest BCUT2D eigenvalue weighted by molar-refractivity contribution is -0.193. The fourth-order valence-corrected chi connectivity index (χ4v) is 3.00. The van der Waals surface area contributed by atoms with Crippen LogP contribution in [0, 0.1) is 0 Å². The van der Waals surface area contributed by atoms with Crippen LogP contribution in [0.3, 0.4) is 0 Å². The Kier molecular flexibility index (Phi) is 13.8. The van der Waals surface area contributed by atoms with E-state index >= 15 is 0 Å². The first-order chi connectivity index (χ1) is 20.0. The molecule has 0 heterocycles. The lowest BCUT2D eigenvalue weighted by atomic mass is 10.1. The summed E-state index contributed by atoms with van der Waals surface area (Å²) >= 11 is 0. The number of anilines is 2. The number of amides is 2. The van der Waals surface area contributed by atoms with Gasteiger partial charge in [0.05, 0.1) is 0 Å². The molecule has 3 aromatic rings. The number of para-hydroxylation sites is 1. The number of hydrogen-bond acceptors (Lipinski definition) is 6. The van der Waals surface area contributed by atoms with Gasteiger partial charge in [0.15, 0.2) is 0 Å². The van der Waals surface area contributed by atoms with E-state index in [1.165, 1.54) is 4.90 Å². The molecule has 0 fully saturated rings. The molecule has 16 heteroatoms. The zero-order valence-corrected chi connectivity index (χ0v) is 22.0. The van der Waals surface area contributed by atoms with Crippen LogP contribution >= 0.6 is 0 Å². The molecule has 43 heavy (non-hydrogen) atoms. The quantitative estimate of drug-likeness (QED) is 0.246.